The first-order chi connectivity index (χ1) is 17.0. The number of rotatable bonds is 8. The van der Waals surface area contributed by atoms with Crippen molar-refractivity contribution in [1.29, 1.82) is 0 Å². The average Bonchev–Trinajstić information content (AvgIpc) is 2.89. The number of nitrogens with one attached hydrogen (secondary N) is 3. The van der Waals surface area contributed by atoms with E-state index in [1.165, 1.54) is 5.56 Å². The number of anilines is 4. The predicted molar refractivity (Wildman–Crippen MR) is 141 cm³/mol. The van der Waals surface area contributed by atoms with Crippen LogP contribution < -0.4 is 16.2 Å². The maximum absolute atomic E-state index is 4.60. The minimum atomic E-state index is 0.416. The lowest BCUT2D eigenvalue weighted by Crippen LogP contribution is -2.07. The van der Waals surface area contributed by atoms with Gasteiger partial charge >= 0.3 is 0 Å². The van der Waals surface area contributed by atoms with Gasteiger partial charge in [-0.3, -0.25) is 20.8 Å². The minimum Gasteiger partial charge on any atom is -0.324 e. The summed E-state index contributed by atoms with van der Waals surface area (Å²) in [6.07, 6.45) is 6.93. The van der Waals surface area contributed by atoms with Crippen LogP contribution in [0.3, 0.4) is 0 Å². The quantitative estimate of drug-likeness (QED) is 0.239. The first-order valence-corrected chi connectivity index (χ1v) is 11.1. The SMILES string of the molecule is CC(=NNc1cc(NN=C(C)c2ccncc2)nc(Nc2cccc(C)c2C)n1)c1ccncc1. The summed E-state index contributed by atoms with van der Waals surface area (Å²) in [5, 5.41) is 12.3. The van der Waals surface area contributed by atoms with Crippen LogP contribution in [0.1, 0.15) is 36.1 Å². The second-order valence-corrected chi connectivity index (χ2v) is 7.92. The van der Waals surface area contributed by atoms with Crippen molar-refractivity contribution < 1.29 is 0 Å². The van der Waals surface area contributed by atoms with Gasteiger partial charge in [-0.05, 0) is 69.2 Å². The van der Waals surface area contributed by atoms with Crippen molar-refractivity contribution in [3.63, 3.8) is 0 Å². The van der Waals surface area contributed by atoms with Gasteiger partial charge in [0.15, 0.2) is 11.6 Å². The van der Waals surface area contributed by atoms with Gasteiger partial charge in [0.1, 0.15) is 0 Å². The van der Waals surface area contributed by atoms with E-state index in [1.54, 1.807) is 30.9 Å². The fourth-order valence-electron chi connectivity index (χ4n) is 3.22. The maximum Gasteiger partial charge on any atom is 0.231 e. The molecule has 3 heterocycles. The van der Waals surface area contributed by atoms with Crippen LogP contribution in [0, 0.1) is 13.8 Å². The fraction of sp³-hybridized carbons (Fsp3) is 0.154. The molecule has 0 fully saturated rings. The summed E-state index contributed by atoms with van der Waals surface area (Å²) < 4.78 is 0. The van der Waals surface area contributed by atoms with Crippen molar-refractivity contribution >= 4 is 34.7 Å². The third-order valence-corrected chi connectivity index (χ3v) is 5.45. The number of hydrogen-bond acceptors (Lipinski definition) is 9. The Labute approximate surface area is 204 Å². The molecule has 9 nitrogen and oxygen atoms in total. The van der Waals surface area contributed by atoms with Gasteiger partial charge in [0, 0.05) is 47.7 Å². The highest BCUT2D eigenvalue weighted by Gasteiger charge is 2.08. The number of pyridine rings is 2. The molecule has 3 aromatic heterocycles. The Morgan fingerprint density at radius 2 is 1.23 bits per heavy atom. The number of hydrazone groups is 2. The van der Waals surface area contributed by atoms with Crippen molar-refractivity contribution in [3.05, 3.63) is 95.6 Å². The van der Waals surface area contributed by atoms with Gasteiger partial charge in [-0.2, -0.15) is 20.2 Å². The molecule has 9 heteroatoms. The summed E-state index contributed by atoms with van der Waals surface area (Å²) in [5.41, 5.74) is 12.8. The molecule has 0 spiro atoms. The number of hydrogen-bond donors (Lipinski definition) is 3. The van der Waals surface area contributed by atoms with Crippen LogP contribution in [0.2, 0.25) is 0 Å². The molecule has 0 amide bonds. The average molecular weight is 466 g/mol. The van der Waals surface area contributed by atoms with E-state index in [9.17, 15) is 0 Å². The van der Waals surface area contributed by atoms with Crippen molar-refractivity contribution in [2.75, 3.05) is 16.2 Å². The zero-order valence-corrected chi connectivity index (χ0v) is 20.1. The van der Waals surface area contributed by atoms with Gasteiger partial charge in [0.05, 0.1) is 11.4 Å². The lowest BCUT2D eigenvalue weighted by molar-refractivity contribution is 1.11. The molecular formula is C26H27N9. The van der Waals surface area contributed by atoms with E-state index in [1.807, 2.05) is 50.2 Å². The molecule has 0 radical (unpaired) electrons. The zero-order chi connectivity index (χ0) is 24.6. The molecule has 4 rings (SSSR count). The monoisotopic (exact) mass is 465 g/mol. The van der Waals surface area contributed by atoms with Crippen LogP contribution in [0.4, 0.5) is 23.3 Å². The second-order valence-electron chi connectivity index (χ2n) is 7.92. The third kappa shape index (κ3) is 6.23. The fourth-order valence-corrected chi connectivity index (χ4v) is 3.22. The van der Waals surface area contributed by atoms with Gasteiger partial charge in [-0.1, -0.05) is 12.1 Å². The molecule has 176 valence electrons. The first-order valence-electron chi connectivity index (χ1n) is 11.1. The smallest absolute Gasteiger partial charge is 0.231 e. The van der Waals surface area contributed by atoms with Gasteiger partial charge in [-0.15, -0.1) is 0 Å². The standard InChI is InChI=1S/C26H27N9/c1-17-6-5-7-23(18(17)2)29-26-30-24(34-32-19(3)21-8-12-27-13-9-21)16-25(31-26)35-33-20(4)22-10-14-28-15-11-22/h5-16H,1-4H3,(H3,29,30,31,34,35). The Balaban J connectivity index is 1.63. The first kappa shape index (κ1) is 23.5. The van der Waals surface area contributed by atoms with E-state index >= 15 is 0 Å². The van der Waals surface area contributed by atoms with Crippen LogP contribution in [-0.4, -0.2) is 31.4 Å². The highest BCUT2D eigenvalue weighted by molar-refractivity contribution is 5.99. The topological polar surface area (TPSA) is 112 Å². The van der Waals surface area contributed by atoms with Crippen LogP contribution >= 0.6 is 0 Å². The Hall–Kier alpha value is -4.66. The summed E-state index contributed by atoms with van der Waals surface area (Å²) >= 11 is 0. The Morgan fingerprint density at radius 3 is 1.74 bits per heavy atom. The normalized spacial score (nSPS) is 11.8. The lowest BCUT2D eigenvalue weighted by Gasteiger charge is -2.13. The van der Waals surface area contributed by atoms with Crippen molar-refractivity contribution in [2.24, 2.45) is 10.2 Å². The van der Waals surface area contributed by atoms with E-state index < -0.39 is 0 Å². The molecule has 0 saturated heterocycles. The van der Waals surface area contributed by atoms with E-state index in [2.05, 4.69) is 66.2 Å². The van der Waals surface area contributed by atoms with Gasteiger partial charge in [0.25, 0.3) is 0 Å². The maximum atomic E-state index is 4.60. The molecule has 4 aromatic rings. The van der Waals surface area contributed by atoms with Gasteiger partial charge in [0.2, 0.25) is 5.95 Å². The van der Waals surface area contributed by atoms with Crippen molar-refractivity contribution in [3.8, 4) is 0 Å². The summed E-state index contributed by atoms with van der Waals surface area (Å²) in [6.45, 7) is 7.96. The molecule has 1 aromatic carbocycles. The van der Waals surface area contributed by atoms with Crippen LogP contribution in [-0.2, 0) is 0 Å². The van der Waals surface area contributed by atoms with Crippen LogP contribution in [0.5, 0.6) is 0 Å². The van der Waals surface area contributed by atoms with E-state index in [4.69, 9.17) is 0 Å². The van der Waals surface area contributed by atoms with Crippen LogP contribution in [0.25, 0.3) is 0 Å². The molecule has 0 bridgehead atoms. The highest BCUT2D eigenvalue weighted by Crippen LogP contribution is 2.23. The Kier molecular flexibility index (Phi) is 7.37. The summed E-state index contributed by atoms with van der Waals surface area (Å²) in [5.74, 6) is 1.45. The van der Waals surface area contributed by atoms with Gasteiger partial charge < -0.3 is 5.32 Å². The van der Waals surface area contributed by atoms with Crippen molar-refractivity contribution in [2.45, 2.75) is 27.7 Å². The van der Waals surface area contributed by atoms with E-state index in [-0.39, 0.29) is 0 Å². The summed E-state index contributed by atoms with van der Waals surface area (Å²) in [7, 11) is 0. The number of benzene rings is 1. The molecule has 0 saturated carbocycles. The second kappa shape index (κ2) is 11.0. The Bertz CT molecular complexity index is 1270. The molecular weight excluding hydrogens is 438 g/mol. The summed E-state index contributed by atoms with van der Waals surface area (Å²) in [6, 6.07) is 15.4. The number of aromatic nitrogens is 4. The zero-order valence-electron chi connectivity index (χ0n) is 20.1. The van der Waals surface area contributed by atoms with Crippen LogP contribution in [0.15, 0.2) is 83.5 Å². The molecule has 3 N–H and O–H groups in total. The van der Waals surface area contributed by atoms with Gasteiger partial charge in [-0.25, -0.2) is 0 Å². The largest absolute Gasteiger partial charge is 0.324 e. The minimum absolute atomic E-state index is 0.416. The molecule has 0 aliphatic carbocycles. The highest BCUT2D eigenvalue weighted by atomic mass is 15.4. The molecule has 0 aliphatic heterocycles. The Morgan fingerprint density at radius 1 is 0.714 bits per heavy atom. The lowest BCUT2D eigenvalue weighted by atomic mass is 10.1. The molecule has 0 aliphatic rings. The van der Waals surface area contributed by atoms with E-state index in [0.29, 0.717) is 17.6 Å². The third-order valence-electron chi connectivity index (χ3n) is 5.45. The van der Waals surface area contributed by atoms with E-state index in [0.717, 1.165) is 33.8 Å². The number of nitrogens with zero attached hydrogens (tertiary/aromatic N) is 6. The van der Waals surface area contributed by atoms with Crippen molar-refractivity contribution in [1.82, 2.24) is 19.9 Å². The summed E-state index contributed by atoms with van der Waals surface area (Å²) in [4.78, 5) is 17.3. The molecule has 0 unspecified atom stereocenters. The predicted octanol–water partition coefficient (Wildman–Crippen LogP) is 5.30. The number of aryl methyl sites for hydroxylation is 1. The molecule has 0 atom stereocenters. The molecule has 35 heavy (non-hydrogen) atoms.